The van der Waals surface area contributed by atoms with Crippen molar-refractivity contribution in [2.45, 2.75) is 6.54 Å². The normalized spacial score (nSPS) is 11.4. The number of hydrogen-bond acceptors (Lipinski definition) is 5. The van der Waals surface area contributed by atoms with E-state index in [2.05, 4.69) is 28.1 Å². The van der Waals surface area contributed by atoms with Gasteiger partial charge in [0, 0.05) is 47.6 Å². The van der Waals surface area contributed by atoms with Gasteiger partial charge in [-0.3, -0.25) is 0 Å². The van der Waals surface area contributed by atoms with Crippen LogP contribution in [0, 0.1) is 0 Å². The van der Waals surface area contributed by atoms with E-state index in [1.807, 2.05) is 22.7 Å². The number of fused-ring (bicyclic) bond motifs is 1. The molecule has 2 heterocycles. The molecule has 0 atom stereocenters. The van der Waals surface area contributed by atoms with E-state index >= 15 is 0 Å². The lowest BCUT2D eigenvalue weighted by Gasteiger charge is -2.04. The predicted octanol–water partition coefficient (Wildman–Crippen LogP) is 2.29. The van der Waals surface area contributed by atoms with Gasteiger partial charge in [0.05, 0.1) is 6.61 Å². The van der Waals surface area contributed by atoms with E-state index in [4.69, 9.17) is 4.74 Å². The van der Waals surface area contributed by atoms with Crippen molar-refractivity contribution in [3.05, 3.63) is 22.4 Å². The molecule has 0 amide bonds. The summed E-state index contributed by atoms with van der Waals surface area (Å²) in [6.07, 6.45) is 0. The van der Waals surface area contributed by atoms with Crippen LogP contribution in [0.15, 0.2) is 17.5 Å². The van der Waals surface area contributed by atoms with Gasteiger partial charge in [0.2, 0.25) is 0 Å². The fourth-order valence-corrected chi connectivity index (χ4v) is 3.69. The molecule has 2 N–H and O–H groups in total. The quantitative estimate of drug-likeness (QED) is 0.722. The van der Waals surface area contributed by atoms with Crippen molar-refractivity contribution < 1.29 is 4.74 Å². The Morgan fingerprint density at radius 2 is 2.06 bits per heavy atom. The van der Waals surface area contributed by atoms with Gasteiger partial charge in [0.25, 0.3) is 0 Å². The van der Waals surface area contributed by atoms with Crippen LogP contribution in [0.4, 0.5) is 0 Å². The zero-order chi connectivity index (χ0) is 11.9. The lowest BCUT2D eigenvalue weighted by Crippen LogP contribution is -2.28. The van der Waals surface area contributed by atoms with Crippen molar-refractivity contribution in [2.24, 2.45) is 0 Å². The number of ether oxygens (including phenoxy) is 1. The molecule has 0 fully saturated rings. The smallest absolute Gasteiger partial charge is 0.0587 e. The molecule has 0 radical (unpaired) electrons. The molecule has 94 valence electrons. The molecule has 0 aromatic carbocycles. The molecule has 0 aliphatic heterocycles. The van der Waals surface area contributed by atoms with Crippen LogP contribution in [-0.4, -0.2) is 33.4 Å². The molecule has 3 nitrogen and oxygen atoms in total. The van der Waals surface area contributed by atoms with E-state index in [9.17, 15) is 0 Å². The third-order valence-corrected chi connectivity index (χ3v) is 4.54. The Balaban J connectivity index is 1.60. The van der Waals surface area contributed by atoms with Gasteiger partial charge in [0.15, 0.2) is 0 Å². The van der Waals surface area contributed by atoms with Crippen LogP contribution >= 0.6 is 22.7 Å². The van der Waals surface area contributed by atoms with Gasteiger partial charge >= 0.3 is 0 Å². The number of rotatable bonds is 8. The summed E-state index contributed by atoms with van der Waals surface area (Å²) in [6, 6.07) is 4.48. The van der Waals surface area contributed by atoms with Crippen LogP contribution in [-0.2, 0) is 11.3 Å². The van der Waals surface area contributed by atoms with Crippen molar-refractivity contribution in [1.29, 1.82) is 0 Å². The van der Waals surface area contributed by atoms with Crippen LogP contribution < -0.4 is 10.6 Å². The minimum Gasteiger partial charge on any atom is -0.383 e. The number of methoxy groups -OCH3 is 1. The van der Waals surface area contributed by atoms with Gasteiger partial charge < -0.3 is 15.4 Å². The molecule has 0 saturated carbocycles. The van der Waals surface area contributed by atoms with E-state index in [0.717, 1.165) is 32.8 Å². The Bertz CT molecular complexity index is 410. The Kier molecular flexibility index (Phi) is 5.41. The fourth-order valence-electron chi connectivity index (χ4n) is 1.59. The summed E-state index contributed by atoms with van der Waals surface area (Å²) in [6.45, 7) is 4.66. The molecular weight excluding hydrogens is 252 g/mol. The van der Waals surface area contributed by atoms with Crippen LogP contribution in [0.3, 0.4) is 0 Å². The summed E-state index contributed by atoms with van der Waals surface area (Å²) in [5.41, 5.74) is 0. The van der Waals surface area contributed by atoms with Gasteiger partial charge in [-0.25, -0.2) is 0 Å². The average Bonchev–Trinajstić information content (AvgIpc) is 2.88. The van der Waals surface area contributed by atoms with Gasteiger partial charge in [-0.15, -0.1) is 22.7 Å². The maximum absolute atomic E-state index is 4.96. The molecule has 0 aliphatic rings. The van der Waals surface area contributed by atoms with Crippen LogP contribution in [0.1, 0.15) is 4.88 Å². The Morgan fingerprint density at radius 3 is 2.88 bits per heavy atom. The molecule has 0 bridgehead atoms. The molecule has 0 saturated heterocycles. The van der Waals surface area contributed by atoms with Crippen LogP contribution in [0.2, 0.25) is 0 Å². The SMILES string of the molecule is COCCNCCNCc1cc2sccc2s1. The lowest BCUT2D eigenvalue weighted by molar-refractivity contribution is 0.199. The van der Waals surface area contributed by atoms with Crippen molar-refractivity contribution >= 4 is 32.1 Å². The first-order chi connectivity index (χ1) is 8.40. The summed E-state index contributed by atoms with van der Waals surface area (Å²) in [7, 11) is 1.72. The molecule has 2 aromatic heterocycles. The summed E-state index contributed by atoms with van der Waals surface area (Å²) in [4.78, 5) is 1.42. The van der Waals surface area contributed by atoms with Gasteiger partial charge in [-0.1, -0.05) is 0 Å². The molecular formula is C12H18N2OS2. The first kappa shape index (κ1) is 13.0. The molecule has 0 unspecified atom stereocenters. The highest BCUT2D eigenvalue weighted by atomic mass is 32.1. The monoisotopic (exact) mass is 270 g/mol. The Morgan fingerprint density at radius 1 is 1.18 bits per heavy atom. The third-order valence-electron chi connectivity index (χ3n) is 2.45. The topological polar surface area (TPSA) is 33.3 Å². The largest absolute Gasteiger partial charge is 0.383 e. The van der Waals surface area contributed by atoms with E-state index < -0.39 is 0 Å². The first-order valence-electron chi connectivity index (χ1n) is 5.76. The minimum absolute atomic E-state index is 0.779. The standard InChI is InChI=1S/C12H18N2OS2/c1-15-6-5-13-3-4-14-9-10-8-12-11(17-10)2-7-16-12/h2,7-8,13-14H,3-6,9H2,1H3. The summed E-state index contributed by atoms with van der Waals surface area (Å²) < 4.78 is 7.78. The Labute approximate surface area is 110 Å². The van der Waals surface area contributed by atoms with Crippen molar-refractivity contribution in [3.8, 4) is 0 Å². The number of thiophene rings is 2. The van der Waals surface area contributed by atoms with E-state index in [1.54, 1.807) is 7.11 Å². The highest BCUT2D eigenvalue weighted by Crippen LogP contribution is 2.29. The average molecular weight is 270 g/mol. The Hall–Kier alpha value is -0.460. The first-order valence-corrected chi connectivity index (χ1v) is 7.46. The van der Waals surface area contributed by atoms with Crippen LogP contribution in [0.25, 0.3) is 9.40 Å². The van der Waals surface area contributed by atoms with Crippen molar-refractivity contribution in [2.75, 3.05) is 33.4 Å². The number of hydrogen-bond donors (Lipinski definition) is 2. The van der Waals surface area contributed by atoms with Gasteiger partial charge in [-0.2, -0.15) is 0 Å². The van der Waals surface area contributed by atoms with E-state index in [1.165, 1.54) is 14.3 Å². The molecule has 0 aliphatic carbocycles. The zero-order valence-electron chi connectivity index (χ0n) is 9.99. The maximum atomic E-state index is 4.96. The minimum atomic E-state index is 0.779. The second kappa shape index (κ2) is 7.08. The van der Waals surface area contributed by atoms with Gasteiger partial charge in [0.1, 0.15) is 0 Å². The zero-order valence-corrected chi connectivity index (χ0v) is 11.6. The van der Waals surface area contributed by atoms with Crippen molar-refractivity contribution in [1.82, 2.24) is 10.6 Å². The molecule has 5 heteroatoms. The third kappa shape index (κ3) is 4.04. The highest BCUT2D eigenvalue weighted by Gasteiger charge is 2.01. The fraction of sp³-hybridized carbons (Fsp3) is 0.500. The van der Waals surface area contributed by atoms with E-state index in [0.29, 0.717) is 0 Å². The maximum Gasteiger partial charge on any atom is 0.0587 e. The number of nitrogens with one attached hydrogen (secondary N) is 2. The summed E-state index contributed by atoms with van der Waals surface area (Å²) in [5, 5.41) is 8.90. The second-order valence-electron chi connectivity index (χ2n) is 3.78. The molecule has 2 aromatic rings. The molecule has 17 heavy (non-hydrogen) atoms. The van der Waals surface area contributed by atoms with Crippen molar-refractivity contribution in [3.63, 3.8) is 0 Å². The highest BCUT2D eigenvalue weighted by molar-refractivity contribution is 7.26. The predicted molar refractivity (Wildman–Crippen MR) is 76.2 cm³/mol. The van der Waals surface area contributed by atoms with E-state index in [-0.39, 0.29) is 0 Å². The lowest BCUT2D eigenvalue weighted by atomic mass is 10.4. The van der Waals surface area contributed by atoms with Gasteiger partial charge in [-0.05, 0) is 17.5 Å². The van der Waals surface area contributed by atoms with Crippen LogP contribution in [0.5, 0.6) is 0 Å². The molecule has 2 rings (SSSR count). The summed E-state index contributed by atoms with van der Waals surface area (Å²) in [5.74, 6) is 0. The molecule has 0 spiro atoms. The summed E-state index contributed by atoms with van der Waals surface area (Å²) >= 11 is 3.70. The second-order valence-corrected chi connectivity index (χ2v) is 5.90.